The number of nitrogens with one attached hydrogen (secondary N) is 1. The van der Waals surface area contributed by atoms with Gasteiger partial charge in [0.1, 0.15) is 11.4 Å². The molecule has 1 aromatic carbocycles. The van der Waals surface area contributed by atoms with Gasteiger partial charge in [-0.05, 0) is 26.3 Å². The minimum Gasteiger partial charge on any atom is -0.465 e. The Balaban J connectivity index is 2.21. The van der Waals surface area contributed by atoms with Gasteiger partial charge in [-0.2, -0.15) is 0 Å². The molecule has 0 amide bonds. The number of nitrogens with zero attached hydrogens (tertiary/aromatic N) is 2. The van der Waals surface area contributed by atoms with E-state index in [4.69, 9.17) is 16.1 Å². The molecule has 9 heteroatoms. The van der Waals surface area contributed by atoms with Crippen molar-refractivity contribution < 1.29 is 19.0 Å². The summed E-state index contributed by atoms with van der Waals surface area (Å²) in [5.74, 6) is -0.0201. The highest BCUT2D eigenvalue weighted by Gasteiger charge is 2.21. The summed E-state index contributed by atoms with van der Waals surface area (Å²) >= 11 is 6.02. The van der Waals surface area contributed by atoms with Crippen molar-refractivity contribution in [2.75, 3.05) is 19.0 Å². The van der Waals surface area contributed by atoms with Crippen LogP contribution in [0.4, 0.5) is 11.4 Å². The summed E-state index contributed by atoms with van der Waals surface area (Å²) < 4.78 is 9.64. The van der Waals surface area contributed by atoms with Crippen LogP contribution in [0, 0.1) is 24.0 Å². The van der Waals surface area contributed by atoms with Gasteiger partial charge in [-0.1, -0.05) is 16.8 Å². The summed E-state index contributed by atoms with van der Waals surface area (Å²) in [4.78, 5) is 22.3. The molecule has 0 aliphatic rings. The van der Waals surface area contributed by atoms with Gasteiger partial charge in [0.2, 0.25) is 0 Å². The molecule has 0 saturated carbocycles. The van der Waals surface area contributed by atoms with Crippen LogP contribution in [0.3, 0.4) is 0 Å². The zero-order chi connectivity index (χ0) is 17.9. The monoisotopic (exact) mass is 353 g/mol. The Morgan fingerprint density at radius 1 is 1.46 bits per heavy atom. The summed E-state index contributed by atoms with van der Waals surface area (Å²) in [5.41, 5.74) is 1.65. The molecule has 1 heterocycles. The van der Waals surface area contributed by atoms with E-state index in [0.29, 0.717) is 18.7 Å². The van der Waals surface area contributed by atoms with Crippen LogP contribution >= 0.6 is 11.6 Å². The Kier molecular flexibility index (Phi) is 5.40. The van der Waals surface area contributed by atoms with Gasteiger partial charge in [-0.25, -0.2) is 4.79 Å². The highest BCUT2D eigenvalue weighted by Crippen LogP contribution is 2.31. The van der Waals surface area contributed by atoms with Crippen LogP contribution in [-0.4, -0.2) is 29.7 Å². The minimum absolute atomic E-state index is 0.0536. The van der Waals surface area contributed by atoms with E-state index >= 15 is 0 Å². The molecule has 1 aromatic heterocycles. The standard InChI is InChI=1S/C15H16ClN3O5/c1-8-10(9(2)24-18-8)4-5-17-13-7-12(16)11(15(20)23-3)6-14(13)19(21)22/h6-7,17H,4-5H2,1-3H3. The number of aryl methyl sites for hydroxylation is 2. The molecule has 0 saturated heterocycles. The molecule has 24 heavy (non-hydrogen) atoms. The number of ether oxygens (including phenoxy) is 1. The van der Waals surface area contributed by atoms with E-state index in [-0.39, 0.29) is 22.0 Å². The first-order valence-electron chi connectivity index (χ1n) is 7.07. The maximum absolute atomic E-state index is 11.6. The van der Waals surface area contributed by atoms with Gasteiger partial charge in [-0.3, -0.25) is 10.1 Å². The third kappa shape index (κ3) is 3.65. The Morgan fingerprint density at radius 3 is 2.71 bits per heavy atom. The second-order valence-corrected chi connectivity index (χ2v) is 5.48. The highest BCUT2D eigenvalue weighted by atomic mass is 35.5. The topological polar surface area (TPSA) is 108 Å². The Labute approximate surface area is 142 Å². The van der Waals surface area contributed by atoms with Crippen LogP contribution in [-0.2, 0) is 11.2 Å². The first-order chi connectivity index (χ1) is 11.3. The van der Waals surface area contributed by atoms with Crippen LogP contribution in [0.2, 0.25) is 5.02 Å². The molecule has 2 rings (SSSR count). The van der Waals surface area contributed by atoms with Crippen molar-refractivity contribution in [3.63, 3.8) is 0 Å². The molecule has 1 N–H and O–H groups in total. The van der Waals surface area contributed by atoms with Gasteiger partial charge in [0.15, 0.2) is 0 Å². The second kappa shape index (κ2) is 7.31. The zero-order valence-electron chi connectivity index (χ0n) is 13.4. The minimum atomic E-state index is -0.731. The smallest absolute Gasteiger partial charge is 0.339 e. The summed E-state index contributed by atoms with van der Waals surface area (Å²) in [6, 6.07) is 2.45. The molecule has 0 fully saturated rings. The van der Waals surface area contributed by atoms with Gasteiger partial charge >= 0.3 is 5.97 Å². The number of carbonyl (C=O) groups is 1. The number of carbonyl (C=O) groups excluding carboxylic acids is 1. The molecule has 0 atom stereocenters. The van der Waals surface area contributed by atoms with Crippen molar-refractivity contribution in [2.45, 2.75) is 20.3 Å². The Bertz CT molecular complexity index is 768. The first kappa shape index (κ1) is 17.7. The van der Waals surface area contributed by atoms with E-state index in [0.717, 1.165) is 17.3 Å². The molecule has 0 radical (unpaired) electrons. The number of nitro benzene ring substituents is 1. The number of anilines is 1. The van der Waals surface area contributed by atoms with Gasteiger partial charge in [0, 0.05) is 18.2 Å². The molecule has 8 nitrogen and oxygen atoms in total. The third-order valence-electron chi connectivity index (χ3n) is 3.56. The molecular formula is C15H16ClN3O5. The predicted octanol–water partition coefficient (Wildman–Crippen LogP) is 3.29. The number of methoxy groups -OCH3 is 1. The molecule has 0 unspecified atom stereocenters. The number of rotatable bonds is 6. The van der Waals surface area contributed by atoms with E-state index in [1.165, 1.54) is 13.2 Å². The number of halogens is 1. The van der Waals surface area contributed by atoms with Gasteiger partial charge in [-0.15, -0.1) is 0 Å². The number of aromatic nitrogens is 1. The number of nitro groups is 1. The molecule has 0 aliphatic carbocycles. The fraction of sp³-hybridized carbons (Fsp3) is 0.333. The molecular weight excluding hydrogens is 338 g/mol. The van der Waals surface area contributed by atoms with Gasteiger partial charge in [0.05, 0.1) is 28.3 Å². The van der Waals surface area contributed by atoms with Crippen LogP contribution in [0.25, 0.3) is 0 Å². The average Bonchev–Trinajstić information content (AvgIpc) is 2.85. The number of hydrogen-bond donors (Lipinski definition) is 1. The lowest BCUT2D eigenvalue weighted by atomic mass is 10.1. The van der Waals surface area contributed by atoms with Crippen LogP contribution < -0.4 is 5.32 Å². The van der Waals surface area contributed by atoms with Crippen LogP contribution in [0.15, 0.2) is 16.7 Å². The molecule has 0 aliphatic heterocycles. The maximum atomic E-state index is 11.6. The van der Waals surface area contributed by atoms with E-state index in [2.05, 4.69) is 15.2 Å². The number of benzene rings is 1. The largest absolute Gasteiger partial charge is 0.465 e. The summed E-state index contributed by atoms with van der Waals surface area (Å²) in [6.45, 7) is 4.05. The van der Waals surface area contributed by atoms with E-state index in [1.54, 1.807) is 6.92 Å². The first-order valence-corrected chi connectivity index (χ1v) is 7.44. The average molecular weight is 354 g/mol. The van der Waals surface area contributed by atoms with Crippen LogP contribution in [0.1, 0.15) is 27.4 Å². The lowest BCUT2D eigenvalue weighted by Crippen LogP contribution is -2.10. The fourth-order valence-electron chi connectivity index (χ4n) is 2.30. The number of esters is 1. The molecule has 0 spiro atoms. The van der Waals surface area contributed by atoms with Crippen molar-refractivity contribution in [1.82, 2.24) is 5.16 Å². The fourth-order valence-corrected chi connectivity index (χ4v) is 2.54. The SMILES string of the molecule is COC(=O)c1cc([N+](=O)[O-])c(NCCc2c(C)noc2C)cc1Cl. The predicted molar refractivity (Wildman–Crippen MR) is 87.6 cm³/mol. The van der Waals surface area contributed by atoms with E-state index in [1.807, 2.05) is 6.92 Å². The lowest BCUT2D eigenvalue weighted by Gasteiger charge is -2.10. The lowest BCUT2D eigenvalue weighted by molar-refractivity contribution is -0.384. The molecule has 2 aromatic rings. The quantitative estimate of drug-likeness (QED) is 0.482. The van der Waals surface area contributed by atoms with Crippen molar-refractivity contribution in [3.05, 3.63) is 49.9 Å². The molecule has 0 bridgehead atoms. The van der Waals surface area contributed by atoms with E-state index < -0.39 is 10.9 Å². The van der Waals surface area contributed by atoms with Crippen molar-refractivity contribution in [2.24, 2.45) is 0 Å². The Hall–Kier alpha value is -2.61. The zero-order valence-corrected chi connectivity index (χ0v) is 14.1. The Morgan fingerprint density at radius 2 is 2.17 bits per heavy atom. The van der Waals surface area contributed by atoms with Crippen molar-refractivity contribution in [3.8, 4) is 0 Å². The third-order valence-corrected chi connectivity index (χ3v) is 3.87. The van der Waals surface area contributed by atoms with Gasteiger partial charge < -0.3 is 14.6 Å². The second-order valence-electron chi connectivity index (χ2n) is 5.08. The van der Waals surface area contributed by atoms with E-state index in [9.17, 15) is 14.9 Å². The van der Waals surface area contributed by atoms with Gasteiger partial charge in [0.25, 0.3) is 5.69 Å². The summed E-state index contributed by atoms with van der Waals surface area (Å²) in [5, 5.41) is 18.1. The van der Waals surface area contributed by atoms with Crippen molar-refractivity contribution >= 4 is 28.9 Å². The summed E-state index contributed by atoms with van der Waals surface area (Å²) in [6.07, 6.45) is 0.578. The van der Waals surface area contributed by atoms with Crippen molar-refractivity contribution in [1.29, 1.82) is 0 Å². The molecule has 128 valence electrons. The van der Waals surface area contributed by atoms with Crippen LogP contribution in [0.5, 0.6) is 0 Å². The maximum Gasteiger partial charge on any atom is 0.339 e. The summed E-state index contributed by atoms with van der Waals surface area (Å²) in [7, 11) is 1.18. The highest BCUT2D eigenvalue weighted by molar-refractivity contribution is 6.34. The number of hydrogen-bond acceptors (Lipinski definition) is 7. The normalized spacial score (nSPS) is 10.5.